The molecule has 0 aliphatic heterocycles. The molecule has 2 rings (SSSR count). The summed E-state index contributed by atoms with van der Waals surface area (Å²) in [4.78, 5) is 23.2. The Morgan fingerprint density at radius 1 is 1.17 bits per heavy atom. The first-order chi connectivity index (χ1) is 14.3. The summed E-state index contributed by atoms with van der Waals surface area (Å²) in [5, 5.41) is 6.48. The van der Waals surface area contributed by atoms with Crippen molar-refractivity contribution in [2.24, 2.45) is 5.10 Å². The Balaban J connectivity index is 1.81. The highest BCUT2D eigenvalue weighted by molar-refractivity contribution is 7.89. The summed E-state index contributed by atoms with van der Waals surface area (Å²) in [5.74, 6) is -1.15. The van der Waals surface area contributed by atoms with E-state index in [1.54, 1.807) is 6.07 Å². The molecule has 0 aliphatic rings. The monoisotopic (exact) mass is 456 g/mol. The van der Waals surface area contributed by atoms with E-state index in [2.05, 4.69) is 20.6 Å². The number of hydrazone groups is 1. The van der Waals surface area contributed by atoms with Crippen LogP contribution in [0.5, 0.6) is 0 Å². The number of hydrogen-bond acceptors (Lipinski definition) is 7. The van der Waals surface area contributed by atoms with Crippen LogP contribution in [-0.4, -0.2) is 46.7 Å². The summed E-state index contributed by atoms with van der Waals surface area (Å²) >= 11 is 5.75. The lowest BCUT2D eigenvalue weighted by atomic mass is 10.4. The molecule has 2 amide bonds. The summed E-state index contributed by atoms with van der Waals surface area (Å²) in [5.41, 5.74) is 2.07. The van der Waals surface area contributed by atoms with Crippen LogP contribution in [0.25, 0.3) is 0 Å². The third kappa shape index (κ3) is 7.59. The quantitative estimate of drug-likeness (QED) is 0.211. The van der Waals surface area contributed by atoms with Crippen LogP contribution in [0.3, 0.4) is 0 Å². The Morgan fingerprint density at radius 3 is 2.60 bits per heavy atom. The summed E-state index contributed by atoms with van der Waals surface area (Å²) in [6, 6.07) is 8.82. The van der Waals surface area contributed by atoms with Crippen molar-refractivity contribution in [2.45, 2.75) is 17.9 Å². The zero-order chi connectivity index (χ0) is 22.0. The van der Waals surface area contributed by atoms with E-state index in [0.717, 1.165) is 0 Å². The van der Waals surface area contributed by atoms with Gasteiger partial charge in [-0.25, -0.2) is 18.6 Å². The highest BCUT2D eigenvalue weighted by atomic mass is 35.5. The number of sulfonamides is 1. The third-order valence-electron chi connectivity index (χ3n) is 3.62. The van der Waals surface area contributed by atoms with Crippen molar-refractivity contribution in [3.8, 4) is 0 Å². The molecule has 0 radical (unpaired) electrons. The molecule has 0 bridgehead atoms. The molecule has 0 spiro atoms. The molecule has 1 heterocycles. The van der Waals surface area contributed by atoms with Crippen LogP contribution in [0.4, 0.5) is 0 Å². The van der Waals surface area contributed by atoms with E-state index in [0.29, 0.717) is 30.4 Å². The van der Waals surface area contributed by atoms with Crippen molar-refractivity contribution in [3.05, 3.63) is 52.9 Å². The number of benzene rings is 1. The lowest BCUT2D eigenvalue weighted by Gasteiger charge is -2.05. The molecule has 162 valence electrons. The molecule has 10 nitrogen and oxygen atoms in total. The summed E-state index contributed by atoms with van der Waals surface area (Å²) < 4.78 is 37.1. The first-order valence-electron chi connectivity index (χ1n) is 8.76. The number of nitrogens with zero attached hydrogens (tertiary/aromatic N) is 1. The molecule has 0 saturated heterocycles. The molecule has 0 atom stereocenters. The van der Waals surface area contributed by atoms with Gasteiger partial charge in [0.2, 0.25) is 10.0 Å². The summed E-state index contributed by atoms with van der Waals surface area (Å²) in [7, 11) is -2.19. The van der Waals surface area contributed by atoms with Gasteiger partial charge < -0.3 is 14.5 Å². The molecule has 2 aromatic rings. The number of carbonyl (C=O) groups excluding carboxylic acids is 2. The van der Waals surface area contributed by atoms with Crippen LogP contribution >= 0.6 is 11.6 Å². The maximum absolute atomic E-state index is 12.2. The molecule has 30 heavy (non-hydrogen) atoms. The maximum Gasteiger partial charge on any atom is 0.329 e. The van der Waals surface area contributed by atoms with Gasteiger partial charge in [0, 0.05) is 25.3 Å². The van der Waals surface area contributed by atoms with Crippen molar-refractivity contribution in [1.29, 1.82) is 0 Å². The van der Waals surface area contributed by atoms with Gasteiger partial charge in [-0.1, -0.05) is 11.6 Å². The number of nitrogens with one attached hydrogen (secondary N) is 3. The topological polar surface area (TPSA) is 139 Å². The predicted molar refractivity (Wildman–Crippen MR) is 109 cm³/mol. The fourth-order valence-electron chi connectivity index (χ4n) is 2.13. The second kappa shape index (κ2) is 11.5. The summed E-state index contributed by atoms with van der Waals surface area (Å²) in [6.45, 7) is 0.684. The van der Waals surface area contributed by atoms with E-state index in [1.807, 2.05) is 0 Å². The standard InChI is InChI=1S/C18H21ClN4O6S/c1-28-10-2-9-20-17(24)18(25)23-21-11-14-5-6-15(29-14)12-22-30(26,27)16-7-3-13(19)4-8-16/h3-8,11,22H,2,9-10,12H2,1H3,(H,20,24)(H,23,25)/b21-11+. The van der Waals surface area contributed by atoms with E-state index >= 15 is 0 Å². The SMILES string of the molecule is COCCCNC(=O)C(=O)N/N=C/c1ccc(CNS(=O)(=O)c2ccc(Cl)cc2)o1. The van der Waals surface area contributed by atoms with Crippen LogP contribution in [0.1, 0.15) is 17.9 Å². The van der Waals surface area contributed by atoms with Gasteiger partial charge in [-0.15, -0.1) is 0 Å². The molecule has 0 saturated carbocycles. The molecule has 0 aliphatic carbocycles. The molecule has 1 aromatic heterocycles. The van der Waals surface area contributed by atoms with Crippen LogP contribution in [0.2, 0.25) is 5.02 Å². The van der Waals surface area contributed by atoms with E-state index in [1.165, 1.54) is 43.7 Å². The zero-order valence-corrected chi connectivity index (χ0v) is 17.6. The van der Waals surface area contributed by atoms with Crippen LogP contribution < -0.4 is 15.5 Å². The molecule has 3 N–H and O–H groups in total. The minimum atomic E-state index is -3.73. The van der Waals surface area contributed by atoms with Crippen molar-refractivity contribution in [1.82, 2.24) is 15.5 Å². The number of rotatable bonds is 10. The largest absolute Gasteiger partial charge is 0.459 e. The number of halogens is 1. The fraction of sp³-hybridized carbons (Fsp3) is 0.278. The van der Waals surface area contributed by atoms with E-state index in [-0.39, 0.29) is 17.2 Å². The Bertz CT molecular complexity index is 988. The van der Waals surface area contributed by atoms with Crippen LogP contribution in [-0.2, 0) is 30.9 Å². The van der Waals surface area contributed by atoms with E-state index in [4.69, 9.17) is 20.8 Å². The van der Waals surface area contributed by atoms with Crippen molar-refractivity contribution in [2.75, 3.05) is 20.3 Å². The van der Waals surface area contributed by atoms with Gasteiger partial charge >= 0.3 is 11.8 Å². The van der Waals surface area contributed by atoms with Gasteiger partial charge in [0.05, 0.1) is 17.7 Å². The Hall–Kier alpha value is -2.73. The van der Waals surface area contributed by atoms with Gasteiger partial charge in [-0.05, 0) is 42.8 Å². The van der Waals surface area contributed by atoms with E-state index in [9.17, 15) is 18.0 Å². The number of methoxy groups -OCH3 is 1. The fourth-order valence-corrected chi connectivity index (χ4v) is 3.25. The first kappa shape index (κ1) is 23.5. The number of ether oxygens (including phenoxy) is 1. The molecular weight excluding hydrogens is 436 g/mol. The highest BCUT2D eigenvalue weighted by Crippen LogP contribution is 2.14. The van der Waals surface area contributed by atoms with E-state index < -0.39 is 21.8 Å². The van der Waals surface area contributed by atoms with Crippen molar-refractivity contribution < 1.29 is 27.2 Å². The molecule has 0 fully saturated rings. The number of amides is 2. The summed E-state index contributed by atoms with van der Waals surface area (Å²) in [6.07, 6.45) is 1.77. The van der Waals surface area contributed by atoms with Gasteiger partial charge in [0.1, 0.15) is 11.5 Å². The molecule has 12 heteroatoms. The Labute approximate surface area is 178 Å². The van der Waals surface area contributed by atoms with Crippen LogP contribution in [0, 0.1) is 0 Å². The third-order valence-corrected chi connectivity index (χ3v) is 5.29. The number of carbonyl (C=O) groups is 2. The average molecular weight is 457 g/mol. The highest BCUT2D eigenvalue weighted by Gasteiger charge is 2.15. The Morgan fingerprint density at radius 2 is 1.90 bits per heavy atom. The smallest absolute Gasteiger partial charge is 0.329 e. The van der Waals surface area contributed by atoms with Gasteiger partial charge in [-0.3, -0.25) is 9.59 Å². The molecular formula is C18H21ClN4O6S. The number of hydrogen-bond donors (Lipinski definition) is 3. The molecule has 0 unspecified atom stereocenters. The normalized spacial score (nSPS) is 11.5. The Kier molecular flexibility index (Phi) is 8.99. The van der Waals surface area contributed by atoms with Gasteiger partial charge in [0.25, 0.3) is 0 Å². The zero-order valence-electron chi connectivity index (χ0n) is 16.1. The molecule has 1 aromatic carbocycles. The second-order valence-electron chi connectivity index (χ2n) is 5.88. The first-order valence-corrected chi connectivity index (χ1v) is 10.6. The minimum absolute atomic E-state index is 0.0726. The average Bonchev–Trinajstić information content (AvgIpc) is 3.17. The minimum Gasteiger partial charge on any atom is -0.459 e. The lowest BCUT2D eigenvalue weighted by Crippen LogP contribution is -2.38. The van der Waals surface area contributed by atoms with Crippen molar-refractivity contribution in [3.63, 3.8) is 0 Å². The van der Waals surface area contributed by atoms with Crippen molar-refractivity contribution >= 4 is 39.7 Å². The van der Waals surface area contributed by atoms with Gasteiger partial charge in [-0.2, -0.15) is 5.10 Å². The second-order valence-corrected chi connectivity index (χ2v) is 8.09. The number of furan rings is 1. The predicted octanol–water partition coefficient (Wildman–Crippen LogP) is 1.01. The van der Waals surface area contributed by atoms with Gasteiger partial charge in [0.15, 0.2) is 0 Å². The lowest BCUT2D eigenvalue weighted by molar-refractivity contribution is -0.139. The van der Waals surface area contributed by atoms with Crippen LogP contribution in [0.15, 0.2) is 50.8 Å². The maximum atomic E-state index is 12.2.